The van der Waals surface area contributed by atoms with Crippen LogP contribution in [0, 0.1) is 53.4 Å². The SMILES string of the molecule is Cn1nc(NS(C)(=O)=O)c2c(Cl)ccc(-c3c#cc(C#CC4(C)OCCn5ccnc54)nc3[C@H](Cc3cc(F)cc(F)c3)NC(=O)Cn3nc(C(F)(F)F)c4c3C(F)(F)[C@@H]3C#C[C@H]43)c21. The second kappa shape index (κ2) is 15.0. The van der Waals surface area contributed by atoms with Crippen LogP contribution in [-0.4, -0.2) is 61.3 Å². The summed E-state index contributed by atoms with van der Waals surface area (Å²) in [6.07, 6.45) is -1.37. The number of alkyl halides is 5. The van der Waals surface area contributed by atoms with Crippen molar-refractivity contribution in [3.05, 3.63) is 111 Å². The average Bonchev–Trinajstić information content (AvgIpc) is 3.92. The first-order valence-electron chi connectivity index (χ1n) is 19.1. The fourth-order valence-electron chi connectivity index (χ4n) is 8.26. The smallest absolute Gasteiger partial charge is 0.353 e. The quantitative estimate of drug-likeness (QED) is 0.129. The molecule has 4 atom stereocenters. The summed E-state index contributed by atoms with van der Waals surface area (Å²) in [4.78, 5) is 23.3. The molecular weight excluding hydrogens is 895 g/mol. The number of nitrogens with one attached hydrogen (secondary N) is 2. The summed E-state index contributed by atoms with van der Waals surface area (Å²) >= 11 is 6.62. The lowest BCUT2D eigenvalue weighted by molar-refractivity contribution is -0.142. The number of hydrogen-bond acceptors (Lipinski definition) is 8. The highest BCUT2D eigenvalue weighted by Gasteiger charge is 2.62. The molecule has 0 saturated heterocycles. The van der Waals surface area contributed by atoms with Gasteiger partial charge < -0.3 is 14.6 Å². The minimum Gasteiger partial charge on any atom is -0.353 e. The summed E-state index contributed by atoms with van der Waals surface area (Å²) in [6, 6.07) is 9.89. The number of anilines is 1. The Hall–Kier alpha value is -6.60. The molecule has 22 heteroatoms. The summed E-state index contributed by atoms with van der Waals surface area (Å²) in [6.45, 7) is 1.33. The molecule has 13 nitrogen and oxygen atoms in total. The van der Waals surface area contributed by atoms with E-state index in [0.29, 0.717) is 18.4 Å². The molecule has 1 aliphatic heterocycles. The number of rotatable bonds is 9. The molecule has 64 heavy (non-hydrogen) atoms. The van der Waals surface area contributed by atoms with Crippen molar-refractivity contribution in [2.75, 3.05) is 17.6 Å². The minimum absolute atomic E-state index is 0.0352. The molecule has 0 bridgehead atoms. The van der Waals surface area contributed by atoms with E-state index in [1.165, 1.54) is 23.9 Å². The Morgan fingerprint density at radius 3 is 2.56 bits per heavy atom. The number of aryl methyl sites for hydroxylation is 1. The van der Waals surface area contributed by atoms with E-state index in [4.69, 9.17) is 21.3 Å². The molecule has 3 aliphatic rings. The van der Waals surface area contributed by atoms with Gasteiger partial charge in [-0.1, -0.05) is 35.4 Å². The fourth-order valence-corrected chi connectivity index (χ4v) is 9.00. The number of carbonyl (C=O) groups excluding carboxylic acids is 1. The van der Waals surface area contributed by atoms with Crippen LogP contribution in [0.1, 0.15) is 58.6 Å². The van der Waals surface area contributed by atoms with Gasteiger partial charge in [-0.3, -0.25) is 18.9 Å². The van der Waals surface area contributed by atoms with Gasteiger partial charge in [0.2, 0.25) is 15.9 Å². The normalized spacial score (nSPS) is 19.8. The van der Waals surface area contributed by atoms with Crippen LogP contribution >= 0.6 is 11.6 Å². The van der Waals surface area contributed by atoms with E-state index in [-0.39, 0.29) is 61.1 Å². The van der Waals surface area contributed by atoms with E-state index in [2.05, 4.69) is 61.0 Å². The number of fused-ring (bicyclic) bond motifs is 5. The van der Waals surface area contributed by atoms with Crippen molar-refractivity contribution < 1.29 is 48.7 Å². The highest BCUT2D eigenvalue weighted by molar-refractivity contribution is 7.92. The minimum atomic E-state index is -5.17. The predicted octanol–water partition coefficient (Wildman–Crippen LogP) is 6.17. The zero-order valence-corrected chi connectivity index (χ0v) is 34.9. The van der Waals surface area contributed by atoms with Crippen LogP contribution in [0.15, 0.2) is 42.7 Å². The van der Waals surface area contributed by atoms with Gasteiger partial charge in [0, 0.05) is 43.2 Å². The standard InChI is InChI=1S/C42H29ClF7N9O4S/c1-40(39-51-12-13-58(39)14-15-63-40)11-10-24-4-5-25(26-7-9-29(43)33-35(26)57(2)55-38(33)56-64(3,61)62)34(52-24)30(18-21-16-22(44)19-23(45)17-21)53-31(60)20-59-37-32(36(54-59)42(48,49)50)27-6-8-28(27)41(37,46)47/h7,9,12-13,16-17,19,27-28,30H,14-15,18,20H2,1-3H3,(H,53,60)(H,55,56)/t27-,28+,30-,40?/m0/s1. The number of amides is 1. The Kier molecular flexibility index (Phi) is 10.0. The van der Waals surface area contributed by atoms with Crippen molar-refractivity contribution in [1.29, 1.82) is 0 Å². The topological polar surface area (TPSA) is 151 Å². The van der Waals surface area contributed by atoms with Crippen molar-refractivity contribution in [3.63, 3.8) is 0 Å². The molecule has 9 rings (SSSR count). The number of benzene rings is 2. The number of imidazole rings is 1. The fraction of sp³-hybridized carbons (Fsp3) is 0.310. The molecule has 1 unspecified atom stereocenters. The van der Waals surface area contributed by atoms with Gasteiger partial charge in [0.1, 0.15) is 29.8 Å². The van der Waals surface area contributed by atoms with Crippen molar-refractivity contribution >= 4 is 44.3 Å². The Labute approximate surface area is 364 Å². The molecule has 4 aromatic heterocycles. The molecule has 2 aromatic carbocycles. The van der Waals surface area contributed by atoms with E-state index in [0.717, 1.165) is 18.4 Å². The molecule has 2 aliphatic carbocycles. The first kappa shape index (κ1) is 42.7. The monoisotopic (exact) mass is 923 g/mol. The highest BCUT2D eigenvalue weighted by atomic mass is 35.5. The van der Waals surface area contributed by atoms with E-state index >= 15 is 8.78 Å². The largest absolute Gasteiger partial charge is 0.435 e. The second-order valence-corrected chi connectivity index (χ2v) is 17.6. The number of hydrogen-bond donors (Lipinski definition) is 2. The number of halogens is 8. The zero-order valence-electron chi connectivity index (χ0n) is 33.3. The van der Waals surface area contributed by atoms with Gasteiger partial charge in [0.25, 0.3) is 0 Å². The first-order chi connectivity index (χ1) is 30.1. The molecular formula is C42H29ClF7N9O4S. The summed E-state index contributed by atoms with van der Waals surface area (Å²) in [5.41, 5.74) is -4.55. The van der Waals surface area contributed by atoms with E-state index in [1.54, 1.807) is 19.3 Å². The van der Waals surface area contributed by atoms with E-state index < -0.39 is 93.1 Å². The van der Waals surface area contributed by atoms with Crippen LogP contribution < -0.4 is 10.0 Å². The Bertz CT molecular complexity index is 3180. The van der Waals surface area contributed by atoms with Crippen molar-refractivity contribution in [2.45, 2.75) is 56.1 Å². The van der Waals surface area contributed by atoms with Gasteiger partial charge in [0.05, 0.1) is 52.0 Å². The van der Waals surface area contributed by atoms with Crippen LogP contribution in [0.4, 0.5) is 36.6 Å². The first-order valence-corrected chi connectivity index (χ1v) is 21.4. The number of aromatic nitrogens is 7. The van der Waals surface area contributed by atoms with Crippen LogP contribution in [0.2, 0.25) is 5.02 Å². The number of ether oxygens (including phenoxy) is 1. The third-order valence-electron chi connectivity index (χ3n) is 10.9. The average molecular weight is 924 g/mol. The zero-order chi connectivity index (χ0) is 45.7. The Morgan fingerprint density at radius 1 is 1.12 bits per heavy atom. The lowest BCUT2D eigenvalue weighted by Crippen LogP contribution is -2.36. The summed E-state index contributed by atoms with van der Waals surface area (Å²) < 4.78 is 140. The molecule has 0 saturated carbocycles. The lowest BCUT2D eigenvalue weighted by atomic mass is 9.84. The van der Waals surface area contributed by atoms with Gasteiger partial charge >= 0.3 is 12.1 Å². The predicted molar refractivity (Wildman–Crippen MR) is 214 cm³/mol. The number of nitrogens with zero attached hydrogens (tertiary/aromatic N) is 7. The third kappa shape index (κ3) is 7.44. The molecule has 2 N–H and O–H groups in total. The number of sulfonamides is 1. The van der Waals surface area contributed by atoms with Crippen LogP contribution in [-0.2, 0) is 63.8 Å². The molecule has 0 spiro atoms. The molecule has 0 radical (unpaired) electrons. The molecule has 328 valence electrons. The van der Waals surface area contributed by atoms with Crippen molar-refractivity contribution in [2.24, 2.45) is 13.0 Å². The third-order valence-corrected chi connectivity index (χ3v) is 11.8. The van der Waals surface area contributed by atoms with Crippen molar-refractivity contribution in [1.82, 2.24) is 39.4 Å². The molecule has 5 heterocycles. The van der Waals surface area contributed by atoms with Gasteiger partial charge in [-0.05, 0) is 55.2 Å². The van der Waals surface area contributed by atoms with Crippen LogP contribution in [0.25, 0.3) is 22.0 Å². The molecule has 6 aromatic rings. The number of carbonyl (C=O) groups is 1. The van der Waals surface area contributed by atoms with Gasteiger partial charge in [0.15, 0.2) is 28.6 Å². The summed E-state index contributed by atoms with van der Waals surface area (Å²) in [7, 11) is -2.40. The highest BCUT2D eigenvalue weighted by Crippen LogP contribution is 2.58. The maximum Gasteiger partial charge on any atom is 0.435 e. The van der Waals surface area contributed by atoms with Crippen LogP contribution in [0.3, 0.4) is 0 Å². The van der Waals surface area contributed by atoms with Gasteiger partial charge in [-0.25, -0.2) is 27.2 Å². The maximum atomic E-state index is 15.7. The van der Waals surface area contributed by atoms with Gasteiger partial charge in [-0.15, -0.1) is 0 Å². The van der Waals surface area contributed by atoms with Crippen LogP contribution in [0.5, 0.6) is 0 Å². The lowest BCUT2D eigenvalue weighted by Gasteiger charge is -2.29. The summed E-state index contributed by atoms with van der Waals surface area (Å²) in [5.74, 6) is 0.620. The Balaban J connectivity index is 1.20. The van der Waals surface area contributed by atoms with E-state index in [1.807, 2.05) is 4.57 Å². The maximum absolute atomic E-state index is 15.7. The molecule has 0 fully saturated rings. The van der Waals surface area contributed by atoms with E-state index in [9.17, 15) is 35.2 Å². The summed E-state index contributed by atoms with van der Waals surface area (Å²) in [5, 5.41) is 10.6. The van der Waals surface area contributed by atoms with Gasteiger partial charge in [-0.2, -0.15) is 32.1 Å². The molecule has 1 amide bonds. The van der Waals surface area contributed by atoms with Crippen molar-refractivity contribution in [3.8, 4) is 34.8 Å². The Morgan fingerprint density at radius 2 is 1.88 bits per heavy atom. The second-order valence-electron chi connectivity index (χ2n) is 15.4.